The van der Waals surface area contributed by atoms with Gasteiger partial charge in [-0.25, -0.2) is 0 Å². The van der Waals surface area contributed by atoms with E-state index in [1.54, 1.807) is 0 Å². The van der Waals surface area contributed by atoms with E-state index in [0.29, 0.717) is 12.6 Å². The lowest BCUT2D eigenvalue weighted by Gasteiger charge is -2.14. The van der Waals surface area contributed by atoms with Crippen LogP contribution in [0.2, 0.25) is 0 Å². The monoisotopic (exact) mass is 240 g/mol. The van der Waals surface area contributed by atoms with Crippen molar-refractivity contribution in [3.63, 3.8) is 0 Å². The summed E-state index contributed by atoms with van der Waals surface area (Å²) < 4.78 is 0. The Kier molecular flexibility index (Phi) is 4.51. The summed E-state index contributed by atoms with van der Waals surface area (Å²) >= 11 is 0. The van der Waals surface area contributed by atoms with Gasteiger partial charge in [0.1, 0.15) is 0 Å². The van der Waals surface area contributed by atoms with Crippen LogP contribution in [0.3, 0.4) is 0 Å². The molecular weight excluding hydrogens is 220 g/mol. The van der Waals surface area contributed by atoms with E-state index in [-0.39, 0.29) is 0 Å². The molecule has 2 rings (SSSR count). The zero-order valence-electron chi connectivity index (χ0n) is 10.8. The number of hydrogen-bond acceptors (Lipinski definition) is 2. The van der Waals surface area contributed by atoms with E-state index < -0.39 is 0 Å². The van der Waals surface area contributed by atoms with E-state index in [4.69, 9.17) is 5.73 Å². The molecule has 0 aliphatic rings. The molecule has 2 heteroatoms. The Morgan fingerprint density at radius 3 is 2.17 bits per heavy atom. The van der Waals surface area contributed by atoms with Gasteiger partial charge in [0.2, 0.25) is 0 Å². The van der Waals surface area contributed by atoms with Gasteiger partial charge in [-0.15, -0.1) is 0 Å². The molecule has 0 aliphatic carbocycles. The fourth-order valence-corrected chi connectivity index (χ4v) is 1.92. The zero-order chi connectivity index (χ0) is 12.8. The molecule has 0 spiro atoms. The van der Waals surface area contributed by atoms with Crippen molar-refractivity contribution < 1.29 is 0 Å². The molecule has 0 heterocycles. The summed E-state index contributed by atoms with van der Waals surface area (Å²) in [5.74, 6) is 0. The fraction of sp³-hybridized carbons (Fsp3) is 0.250. The maximum atomic E-state index is 5.58. The minimum Gasteiger partial charge on any atom is -0.326 e. The summed E-state index contributed by atoms with van der Waals surface area (Å²) in [4.78, 5) is 0. The van der Waals surface area contributed by atoms with Crippen molar-refractivity contribution in [1.82, 2.24) is 5.32 Å². The zero-order valence-corrected chi connectivity index (χ0v) is 10.8. The molecule has 0 fully saturated rings. The Hall–Kier alpha value is -1.64. The average Bonchev–Trinajstić information content (AvgIpc) is 2.46. The largest absolute Gasteiger partial charge is 0.326 e. The predicted molar refractivity (Wildman–Crippen MR) is 76.0 cm³/mol. The van der Waals surface area contributed by atoms with Gasteiger partial charge < -0.3 is 11.1 Å². The molecule has 3 N–H and O–H groups in total. The number of nitrogens with two attached hydrogens (primary N) is 1. The van der Waals surface area contributed by atoms with Gasteiger partial charge in [-0.2, -0.15) is 0 Å². The summed E-state index contributed by atoms with van der Waals surface area (Å²) in [5.41, 5.74) is 9.36. The molecule has 1 atom stereocenters. The Bertz CT molecular complexity index is 462. The number of hydrogen-bond donors (Lipinski definition) is 2. The van der Waals surface area contributed by atoms with Crippen LogP contribution in [0.4, 0.5) is 0 Å². The van der Waals surface area contributed by atoms with Crippen molar-refractivity contribution in [3.8, 4) is 0 Å². The van der Waals surface area contributed by atoms with E-state index in [1.165, 1.54) is 16.7 Å². The van der Waals surface area contributed by atoms with Crippen molar-refractivity contribution in [2.24, 2.45) is 5.73 Å². The molecule has 0 saturated heterocycles. The molecule has 2 aromatic carbocycles. The van der Waals surface area contributed by atoms with Crippen LogP contribution in [0.25, 0.3) is 0 Å². The minimum absolute atomic E-state index is 0.361. The molecular formula is C16H20N2. The maximum absolute atomic E-state index is 5.58. The average molecular weight is 240 g/mol. The third kappa shape index (κ3) is 3.42. The normalized spacial score (nSPS) is 12.3. The first kappa shape index (κ1) is 12.8. The van der Waals surface area contributed by atoms with Crippen LogP contribution >= 0.6 is 0 Å². The molecule has 0 saturated carbocycles. The quantitative estimate of drug-likeness (QED) is 0.843. The van der Waals surface area contributed by atoms with Crippen molar-refractivity contribution in [2.45, 2.75) is 26.1 Å². The highest BCUT2D eigenvalue weighted by Gasteiger charge is 2.03. The first-order valence-electron chi connectivity index (χ1n) is 6.36. The summed E-state index contributed by atoms with van der Waals surface area (Å²) in [7, 11) is 0. The number of benzene rings is 2. The Labute approximate surface area is 109 Å². The number of rotatable bonds is 5. The first-order chi connectivity index (χ1) is 8.79. The van der Waals surface area contributed by atoms with Crippen molar-refractivity contribution in [3.05, 3.63) is 71.3 Å². The van der Waals surface area contributed by atoms with E-state index in [2.05, 4.69) is 60.8 Å². The first-order valence-corrected chi connectivity index (χ1v) is 6.36. The highest BCUT2D eigenvalue weighted by atomic mass is 14.9. The summed E-state index contributed by atoms with van der Waals surface area (Å²) in [6.45, 7) is 3.67. The van der Waals surface area contributed by atoms with Crippen LogP contribution in [-0.2, 0) is 13.1 Å². The standard InChI is InChI=1S/C16H20N2/c1-13(16-5-3-2-4-6-16)18-12-15-9-7-14(11-17)8-10-15/h2-10,13,18H,11-12,17H2,1H3. The van der Waals surface area contributed by atoms with Gasteiger partial charge in [0.15, 0.2) is 0 Å². The summed E-state index contributed by atoms with van der Waals surface area (Å²) in [6, 6.07) is 19.3. The molecule has 2 nitrogen and oxygen atoms in total. The third-order valence-corrected chi connectivity index (χ3v) is 3.17. The van der Waals surface area contributed by atoms with Gasteiger partial charge in [-0.05, 0) is 23.6 Å². The lowest BCUT2D eigenvalue weighted by molar-refractivity contribution is 0.574. The lowest BCUT2D eigenvalue weighted by Crippen LogP contribution is -2.17. The Balaban J connectivity index is 1.91. The van der Waals surface area contributed by atoms with Crippen LogP contribution in [0, 0.1) is 0 Å². The molecule has 0 radical (unpaired) electrons. The summed E-state index contributed by atoms with van der Waals surface area (Å²) in [6.07, 6.45) is 0. The van der Waals surface area contributed by atoms with Crippen molar-refractivity contribution in [1.29, 1.82) is 0 Å². The van der Waals surface area contributed by atoms with Gasteiger partial charge in [-0.1, -0.05) is 54.6 Å². The molecule has 0 amide bonds. The molecule has 0 aromatic heterocycles. The topological polar surface area (TPSA) is 38.0 Å². The van der Waals surface area contributed by atoms with Gasteiger partial charge in [0.05, 0.1) is 0 Å². The second-order valence-electron chi connectivity index (χ2n) is 4.53. The molecule has 18 heavy (non-hydrogen) atoms. The highest BCUT2D eigenvalue weighted by molar-refractivity contribution is 5.23. The van der Waals surface area contributed by atoms with E-state index in [0.717, 1.165) is 6.54 Å². The molecule has 1 unspecified atom stereocenters. The van der Waals surface area contributed by atoms with Crippen molar-refractivity contribution >= 4 is 0 Å². The molecule has 2 aromatic rings. The van der Waals surface area contributed by atoms with Crippen LogP contribution in [-0.4, -0.2) is 0 Å². The van der Waals surface area contributed by atoms with Gasteiger partial charge in [0, 0.05) is 19.1 Å². The van der Waals surface area contributed by atoms with E-state index >= 15 is 0 Å². The smallest absolute Gasteiger partial charge is 0.0294 e. The Morgan fingerprint density at radius 2 is 1.56 bits per heavy atom. The van der Waals surface area contributed by atoms with Crippen LogP contribution in [0.15, 0.2) is 54.6 Å². The lowest BCUT2D eigenvalue weighted by atomic mass is 10.1. The van der Waals surface area contributed by atoms with Gasteiger partial charge in [-0.3, -0.25) is 0 Å². The molecule has 0 bridgehead atoms. The maximum Gasteiger partial charge on any atom is 0.0294 e. The molecule has 94 valence electrons. The number of nitrogens with one attached hydrogen (secondary N) is 1. The minimum atomic E-state index is 0.361. The van der Waals surface area contributed by atoms with Crippen LogP contribution < -0.4 is 11.1 Å². The molecule has 0 aliphatic heterocycles. The predicted octanol–water partition coefficient (Wildman–Crippen LogP) is 3.00. The second-order valence-corrected chi connectivity index (χ2v) is 4.53. The second kappa shape index (κ2) is 6.34. The SMILES string of the molecule is CC(NCc1ccc(CN)cc1)c1ccccc1. The summed E-state index contributed by atoms with van der Waals surface area (Å²) in [5, 5.41) is 3.52. The fourth-order valence-electron chi connectivity index (χ4n) is 1.92. The Morgan fingerprint density at radius 1 is 0.944 bits per heavy atom. The van der Waals surface area contributed by atoms with Crippen LogP contribution in [0.5, 0.6) is 0 Å². The van der Waals surface area contributed by atoms with Crippen molar-refractivity contribution in [2.75, 3.05) is 0 Å². The van der Waals surface area contributed by atoms with E-state index in [9.17, 15) is 0 Å². The highest BCUT2D eigenvalue weighted by Crippen LogP contribution is 2.12. The van der Waals surface area contributed by atoms with Crippen LogP contribution in [0.1, 0.15) is 29.7 Å². The van der Waals surface area contributed by atoms with Gasteiger partial charge >= 0.3 is 0 Å². The van der Waals surface area contributed by atoms with Gasteiger partial charge in [0.25, 0.3) is 0 Å². The third-order valence-electron chi connectivity index (χ3n) is 3.17. The van der Waals surface area contributed by atoms with E-state index in [1.807, 2.05) is 6.07 Å².